The molecular weight excluding hydrogens is 387 g/mol. The number of carbonyl (C=O) groups is 2. The van der Waals surface area contributed by atoms with E-state index in [1.807, 2.05) is 30.3 Å². The maximum absolute atomic E-state index is 13.0. The van der Waals surface area contributed by atoms with Gasteiger partial charge in [-0.1, -0.05) is 43.3 Å². The number of aromatic hydroxyl groups is 1. The molecule has 0 spiro atoms. The van der Waals surface area contributed by atoms with Gasteiger partial charge in [0.05, 0.1) is 11.6 Å². The third-order valence-corrected chi connectivity index (χ3v) is 4.84. The fourth-order valence-electron chi connectivity index (χ4n) is 3.38. The highest BCUT2D eigenvalue weighted by atomic mass is 19.4. The summed E-state index contributed by atoms with van der Waals surface area (Å²) in [5, 5.41) is 9.44. The molecule has 2 aromatic rings. The number of halogens is 3. The first-order valence-corrected chi connectivity index (χ1v) is 9.09. The predicted molar refractivity (Wildman–Crippen MR) is 98.1 cm³/mol. The van der Waals surface area contributed by atoms with Crippen molar-refractivity contribution in [3.8, 4) is 5.75 Å². The van der Waals surface area contributed by atoms with E-state index in [-0.39, 0.29) is 18.6 Å². The molecule has 0 radical (unpaired) electrons. The largest absolute Gasteiger partial charge is 0.507 e. The molecule has 0 unspecified atom stereocenters. The normalized spacial score (nSPS) is 17.9. The molecule has 2 atom stereocenters. The minimum absolute atomic E-state index is 0.00989. The number of rotatable bonds is 5. The molecule has 0 bridgehead atoms. The number of carbonyl (C=O) groups excluding carboxylic acids is 2. The van der Waals surface area contributed by atoms with E-state index in [1.165, 1.54) is 6.07 Å². The van der Waals surface area contributed by atoms with Gasteiger partial charge in [0.1, 0.15) is 12.4 Å². The lowest BCUT2D eigenvalue weighted by Gasteiger charge is -2.23. The van der Waals surface area contributed by atoms with Crippen molar-refractivity contribution < 1.29 is 32.6 Å². The van der Waals surface area contributed by atoms with Gasteiger partial charge in [-0.15, -0.1) is 0 Å². The van der Waals surface area contributed by atoms with Crippen molar-refractivity contribution in [1.82, 2.24) is 4.90 Å². The quantitative estimate of drug-likeness (QED) is 0.808. The van der Waals surface area contributed by atoms with Crippen LogP contribution in [0.4, 0.5) is 18.0 Å². The average molecular weight is 407 g/mol. The highest BCUT2D eigenvalue weighted by Crippen LogP contribution is 2.36. The minimum Gasteiger partial charge on any atom is -0.507 e. The zero-order valence-corrected chi connectivity index (χ0v) is 15.6. The van der Waals surface area contributed by atoms with E-state index >= 15 is 0 Å². The molecule has 2 aromatic carbocycles. The highest BCUT2D eigenvalue weighted by Gasteiger charge is 2.40. The van der Waals surface area contributed by atoms with E-state index in [2.05, 4.69) is 0 Å². The summed E-state index contributed by atoms with van der Waals surface area (Å²) >= 11 is 0. The van der Waals surface area contributed by atoms with Gasteiger partial charge < -0.3 is 9.84 Å². The van der Waals surface area contributed by atoms with Crippen molar-refractivity contribution in [3.63, 3.8) is 0 Å². The van der Waals surface area contributed by atoms with Crippen LogP contribution in [0.15, 0.2) is 48.5 Å². The van der Waals surface area contributed by atoms with Crippen LogP contribution in [0.3, 0.4) is 0 Å². The van der Waals surface area contributed by atoms with Crippen LogP contribution in [0, 0.1) is 5.92 Å². The number of ether oxygens (including phenoxy) is 1. The Balaban J connectivity index is 1.74. The van der Waals surface area contributed by atoms with E-state index in [0.29, 0.717) is 6.42 Å². The lowest BCUT2D eigenvalue weighted by Crippen LogP contribution is -2.43. The van der Waals surface area contributed by atoms with Crippen molar-refractivity contribution in [2.45, 2.75) is 32.0 Å². The molecule has 1 N–H and O–H groups in total. The smallest absolute Gasteiger partial charge is 0.419 e. The molecule has 1 aliphatic heterocycles. The highest BCUT2D eigenvalue weighted by molar-refractivity contribution is 5.94. The number of amides is 2. The molecule has 0 aromatic heterocycles. The van der Waals surface area contributed by atoms with Gasteiger partial charge in [0.25, 0.3) is 0 Å². The van der Waals surface area contributed by atoms with Gasteiger partial charge in [-0.3, -0.25) is 4.79 Å². The van der Waals surface area contributed by atoms with Crippen LogP contribution in [0.5, 0.6) is 5.75 Å². The molecule has 0 aliphatic carbocycles. The van der Waals surface area contributed by atoms with Gasteiger partial charge in [0.2, 0.25) is 5.91 Å². The Bertz CT molecular complexity index is 899. The zero-order chi connectivity index (χ0) is 21.2. The first-order valence-electron chi connectivity index (χ1n) is 9.09. The Morgan fingerprint density at radius 3 is 2.55 bits per heavy atom. The summed E-state index contributed by atoms with van der Waals surface area (Å²) < 4.78 is 44.0. The predicted octanol–water partition coefficient (Wildman–Crippen LogP) is 4.18. The second kappa shape index (κ2) is 8.14. The van der Waals surface area contributed by atoms with Gasteiger partial charge >= 0.3 is 12.3 Å². The Labute approximate surface area is 165 Å². The fourth-order valence-corrected chi connectivity index (χ4v) is 3.38. The van der Waals surface area contributed by atoms with Gasteiger partial charge in [-0.2, -0.15) is 13.2 Å². The number of hydrogen-bond acceptors (Lipinski definition) is 4. The minimum atomic E-state index is -4.70. The summed E-state index contributed by atoms with van der Waals surface area (Å²) in [5.74, 6) is -2.12. The molecule has 3 rings (SSSR count). The maximum atomic E-state index is 13.0. The zero-order valence-electron chi connectivity index (χ0n) is 15.6. The van der Waals surface area contributed by atoms with Crippen molar-refractivity contribution in [2.75, 3.05) is 6.61 Å². The number of hydrogen-bond donors (Lipinski definition) is 1. The summed E-state index contributed by atoms with van der Waals surface area (Å²) in [4.78, 5) is 26.0. The molecular formula is C21H20F3NO4. The lowest BCUT2D eigenvalue weighted by atomic mass is 9.96. The number of phenolic OH excluding ortho intramolecular Hbond substituents is 1. The molecule has 2 amide bonds. The second-order valence-electron chi connectivity index (χ2n) is 7.08. The molecule has 1 aliphatic rings. The SMILES string of the molecule is C[C@@H](Cc1ccc(O)c(C(F)(F)F)c1)C(=O)N1C(=O)OC[C@H]1Cc1ccccc1. The van der Waals surface area contributed by atoms with E-state index in [1.54, 1.807) is 6.92 Å². The maximum Gasteiger partial charge on any atom is 0.419 e. The molecule has 0 saturated carbocycles. The average Bonchev–Trinajstić information content (AvgIpc) is 3.02. The first-order chi connectivity index (χ1) is 13.7. The van der Waals surface area contributed by atoms with Crippen LogP contribution in [-0.4, -0.2) is 34.7 Å². The molecule has 8 heteroatoms. The molecule has 5 nitrogen and oxygen atoms in total. The molecule has 29 heavy (non-hydrogen) atoms. The van der Waals surface area contributed by atoms with Crippen molar-refractivity contribution in [2.24, 2.45) is 5.92 Å². The number of imide groups is 1. The summed E-state index contributed by atoms with van der Waals surface area (Å²) in [6, 6.07) is 12.0. The third-order valence-electron chi connectivity index (χ3n) is 4.84. The molecule has 1 heterocycles. The number of cyclic esters (lactones) is 1. The molecule has 154 valence electrons. The summed E-state index contributed by atoms with van der Waals surface area (Å²) in [5.41, 5.74) is 0.0231. The Hall–Kier alpha value is -3.03. The van der Waals surface area contributed by atoms with Gasteiger partial charge in [0, 0.05) is 5.92 Å². The van der Waals surface area contributed by atoms with Crippen molar-refractivity contribution in [3.05, 3.63) is 65.2 Å². The lowest BCUT2D eigenvalue weighted by molar-refractivity contribution is -0.138. The summed E-state index contributed by atoms with van der Waals surface area (Å²) in [6.45, 7) is 1.62. The molecule has 1 fully saturated rings. The standard InChI is InChI=1S/C21H20F3NO4/c1-13(9-15-7-8-18(26)17(11-15)21(22,23)24)19(27)25-16(12-29-20(25)28)10-14-5-3-2-4-6-14/h2-8,11,13,16,26H,9-10,12H2,1H3/t13-,16+/m0/s1. The summed E-state index contributed by atoms with van der Waals surface area (Å²) in [7, 11) is 0. The topological polar surface area (TPSA) is 66.8 Å². The van der Waals surface area contributed by atoms with Crippen LogP contribution in [0.1, 0.15) is 23.6 Å². The molecule has 1 saturated heterocycles. The first kappa shape index (κ1) is 20.7. The van der Waals surface area contributed by atoms with Crippen LogP contribution in [0.2, 0.25) is 0 Å². The Morgan fingerprint density at radius 2 is 1.90 bits per heavy atom. The van der Waals surface area contributed by atoms with E-state index in [0.717, 1.165) is 22.6 Å². The summed E-state index contributed by atoms with van der Waals surface area (Å²) in [6.07, 6.45) is -5.02. The van der Waals surface area contributed by atoms with Crippen LogP contribution in [-0.2, 0) is 28.5 Å². The second-order valence-corrected chi connectivity index (χ2v) is 7.08. The van der Waals surface area contributed by atoms with E-state index in [4.69, 9.17) is 4.74 Å². The fraction of sp³-hybridized carbons (Fsp3) is 0.333. The third kappa shape index (κ3) is 4.70. The van der Waals surface area contributed by atoms with Gasteiger partial charge in [-0.25, -0.2) is 9.69 Å². The van der Waals surface area contributed by atoms with E-state index < -0.39 is 41.4 Å². The van der Waals surface area contributed by atoms with Crippen LogP contribution >= 0.6 is 0 Å². The Morgan fingerprint density at radius 1 is 1.21 bits per heavy atom. The number of alkyl halides is 3. The van der Waals surface area contributed by atoms with Crippen LogP contribution < -0.4 is 0 Å². The monoisotopic (exact) mass is 407 g/mol. The van der Waals surface area contributed by atoms with Gasteiger partial charge in [-0.05, 0) is 36.1 Å². The van der Waals surface area contributed by atoms with Gasteiger partial charge in [0.15, 0.2) is 0 Å². The van der Waals surface area contributed by atoms with E-state index in [9.17, 15) is 27.9 Å². The van der Waals surface area contributed by atoms with Crippen molar-refractivity contribution in [1.29, 1.82) is 0 Å². The Kier molecular flexibility index (Phi) is 5.81. The number of phenols is 1. The van der Waals surface area contributed by atoms with Crippen molar-refractivity contribution >= 4 is 12.0 Å². The van der Waals surface area contributed by atoms with Crippen LogP contribution in [0.25, 0.3) is 0 Å². The number of benzene rings is 2. The number of nitrogens with zero attached hydrogens (tertiary/aromatic N) is 1.